The van der Waals surface area contributed by atoms with Gasteiger partial charge < -0.3 is 4.90 Å². The van der Waals surface area contributed by atoms with E-state index >= 15 is 0 Å². The molecule has 1 fully saturated rings. The molecule has 1 saturated heterocycles. The van der Waals surface area contributed by atoms with E-state index < -0.39 is 12.1 Å². The van der Waals surface area contributed by atoms with Crippen LogP contribution in [-0.4, -0.2) is 30.1 Å². The Bertz CT molecular complexity index is 486. The van der Waals surface area contributed by atoms with Crippen molar-refractivity contribution in [2.45, 2.75) is 44.7 Å². The molecule has 1 aliphatic heterocycles. The fourth-order valence-corrected chi connectivity index (χ4v) is 2.92. The molecule has 2 nitrogen and oxygen atoms in total. The van der Waals surface area contributed by atoms with Gasteiger partial charge >= 0.3 is 6.18 Å². The van der Waals surface area contributed by atoms with Gasteiger partial charge in [0, 0.05) is 19.5 Å². The third-order valence-electron chi connectivity index (χ3n) is 4.40. The number of rotatable bonds is 4. The third-order valence-corrected chi connectivity index (χ3v) is 4.40. The maximum Gasteiger partial charge on any atom is 0.393 e. The van der Waals surface area contributed by atoms with Crippen LogP contribution in [0.25, 0.3) is 0 Å². The van der Waals surface area contributed by atoms with E-state index in [1.54, 1.807) is 0 Å². The molecule has 5 heteroatoms. The number of hydrogen-bond acceptors (Lipinski definition) is 1. The fraction of sp³-hybridized carbons (Fsp3) is 0.588. The number of amides is 1. The van der Waals surface area contributed by atoms with Crippen LogP contribution >= 0.6 is 0 Å². The van der Waals surface area contributed by atoms with E-state index in [0.29, 0.717) is 25.8 Å². The number of hydrogen-bond donors (Lipinski definition) is 0. The van der Waals surface area contributed by atoms with Gasteiger partial charge in [0.05, 0.1) is 5.92 Å². The highest BCUT2D eigenvalue weighted by molar-refractivity contribution is 5.76. The lowest BCUT2D eigenvalue weighted by Gasteiger charge is -2.34. The van der Waals surface area contributed by atoms with Gasteiger partial charge in [-0.2, -0.15) is 13.2 Å². The number of nitrogens with zero attached hydrogens (tertiary/aromatic N) is 1. The summed E-state index contributed by atoms with van der Waals surface area (Å²) in [5.74, 6) is -1.29. The van der Waals surface area contributed by atoms with Gasteiger partial charge in [-0.3, -0.25) is 4.79 Å². The average molecular weight is 313 g/mol. The zero-order valence-electron chi connectivity index (χ0n) is 12.8. The van der Waals surface area contributed by atoms with Crippen molar-refractivity contribution in [2.24, 2.45) is 5.92 Å². The van der Waals surface area contributed by atoms with Gasteiger partial charge in [-0.15, -0.1) is 0 Å². The van der Waals surface area contributed by atoms with Crippen LogP contribution in [0.5, 0.6) is 0 Å². The highest BCUT2D eigenvalue weighted by Crippen LogP contribution is 2.33. The van der Waals surface area contributed by atoms with Gasteiger partial charge in [-0.25, -0.2) is 0 Å². The van der Waals surface area contributed by atoms with Crippen molar-refractivity contribution >= 4 is 5.91 Å². The molecule has 0 aliphatic carbocycles. The normalized spacial score (nSPS) is 20.7. The molecule has 0 spiro atoms. The van der Waals surface area contributed by atoms with Crippen LogP contribution in [0.15, 0.2) is 30.3 Å². The largest absolute Gasteiger partial charge is 0.393 e. The molecular weight excluding hydrogens is 291 g/mol. The summed E-state index contributed by atoms with van der Waals surface area (Å²) in [6.07, 6.45) is -2.66. The number of carbonyl (C=O) groups is 1. The summed E-state index contributed by atoms with van der Waals surface area (Å²) in [5.41, 5.74) is 1.15. The zero-order chi connectivity index (χ0) is 16.2. The number of likely N-dealkylation sites (tertiary alicyclic amines) is 1. The molecule has 2 rings (SSSR count). The van der Waals surface area contributed by atoms with Crippen molar-refractivity contribution in [1.29, 1.82) is 0 Å². The summed E-state index contributed by atoms with van der Waals surface area (Å²) in [5, 5.41) is 0. The van der Waals surface area contributed by atoms with E-state index in [2.05, 4.69) is 0 Å². The summed E-state index contributed by atoms with van der Waals surface area (Å²) in [4.78, 5) is 13.6. The average Bonchev–Trinajstić information content (AvgIpc) is 2.52. The first-order chi connectivity index (χ1) is 10.4. The first-order valence-electron chi connectivity index (χ1n) is 7.77. The second-order valence-corrected chi connectivity index (χ2v) is 6.07. The quantitative estimate of drug-likeness (QED) is 0.808. The number of piperidine rings is 1. The second-order valence-electron chi connectivity index (χ2n) is 6.07. The molecular formula is C17H22F3NO. The Labute approximate surface area is 129 Å². The first-order valence-corrected chi connectivity index (χ1v) is 7.77. The minimum atomic E-state index is -4.20. The Morgan fingerprint density at radius 3 is 2.64 bits per heavy atom. The van der Waals surface area contributed by atoms with Gasteiger partial charge in [0.2, 0.25) is 5.91 Å². The molecule has 0 bridgehead atoms. The molecule has 0 N–H and O–H groups in total. The highest BCUT2D eigenvalue weighted by atomic mass is 19.4. The van der Waals surface area contributed by atoms with Crippen LogP contribution in [0.3, 0.4) is 0 Å². The van der Waals surface area contributed by atoms with Crippen LogP contribution < -0.4 is 0 Å². The highest BCUT2D eigenvalue weighted by Gasteiger charge is 2.42. The molecule has 0 saturated carbocycles. The maximum absolute atomic E-state index is 12.8. The summed E-state index contributed by atoms with van der Waals surface area (Å²) in [7, 11) is 0. The van der Waals surface area contributed by atoms with Crippen molar-refractivity contribution in [3.8, 4) is 0 Å². The van der Waals surface area contributed by atoms with Crippen molar-refractivity contribution in [1.82, 2.24) is 4.90 Å². The molecule has 2 atom stereocenters. The molecule has 0 unspecified atom stereocenters. The Hall–Kier alpha value is -1.52. The standard InChI is InChI=1S/C17H22F3NO/c1-13(14-6-3-2-4-7-14)9-10-16(22)21-11-5-8-15(12-21)17(18,19)20/h2-4,6-7,13,15H,5,8-12H2,1H3/t13-,15+/m0/s1. The summed E-state index contributed by atoms with van der Waals surface area (Å²) in [6, 6.07) is 9.86. The van der Waals surface area contributed by atoms with Gasteiger partial charge in [-0.05, 0) is 30.7 Å². The number of benzene rings is 1. The zero-order valence-corrected chi connectivity index (χ0v) is 12.8. The van der Waals surface area contributed by atoms with Gasteiger partial charge in [0.1, 0.15) is 0 Å². The lowest BCUT2D eigenvalue weighted by molar-refractivity contribution is -0.188. The minimum absolute atomic E-state index is 0.133. The van der Waals surface area contributed by atoms with Crippen molar-refractivity contribution in [3.05, 3.63) is 35.9 Å². The van der Waals surface area contributed by atoms with E-state index in [0.717, 1.165) is 5.56 Å². The van der Waals surface area contributed by atoms with Crippen molar-refractivity contribution in [3.63, 3.8) is 0 Å². The van der Waals surface area contributed by atoms with Crippen LogP contribution in [0.4, 0.5) is 13.2 Å². The predicted molar refractivity (Wildman–Crippen MR) is 79.5 cm³/mol. The molecule has 122 valence electrons. The van der Waals surface area contributed by atoms with Gasteiger partial charge in [0.25, 0.3) is 0 Å². The lowest BCUT2D eigenvalue weighted by Crippen LogP contribution is -2.44. The molecule has 1 aromatic rings. The summed E-state index contributed by atoms with van der Waals surface area (Å²) in [6.45, 7) is 2.31. The molecule has 1 heterocycles. The second kappa shape index (κ2) is 7.16. The van der Waals surface area contributed by atoms with Crippen molar-refractivity contribution in [2.75, 3.05) is 13.1 Å². The van der Waals surface area contributed by atoms with Crippen LogP contribution in [0.1, 0.15) is 44.1 Å². The molecule has 0 radical (unpaired) electrons. The lowest BCUT2D eigenvalue weighted by atomic mass is 9.94. The maximum atomic E-state index is 12.8. The summed E-state index contributed by atoms with van der Waals surface area (Å²) >= 11 is 0. The van der Waals surface area contributed by atoms with Crippen LogP contribution in [-0.2, 0) is 4.79 Å². The topological polar surface area (TPSA) is 20.3 Å². The van der Waals surface area contributed by atoms with E-state index in [1.807, 2.05) is 37.3 Å². The van der Waals surface area contributed by atoms with E-state index in [4.69, 9.17) is 0 Å². The van der Waals surface area contributed by atoms with E-state index in [9.17, 15) is 18.0 Å². The van der Waals surface area contributed by atoms with E-state index in [1.165, 1.54) is 4.90 Å². The van der Waals surface area contributed by atoms with Crippen LogP contribution in [0.2, 0.25) is 0 Å². The molecule has 0 aromatic heterocycles. The molecule has 1 amide bonds. The Morgan fingerprint density at radius 2 is 2.00 bits per heavy atom. The van der Waals surface area contributed by atoms with Crippen LogP contribution in [0, 0.1) is 5.92 Å². The molecule has 22 heavy (non-hydrogen) atoms. The molecule has 1 aromatic carbocycles. The van der Waals surface area contributed by atoms with Crippen molar-refractivity contribution < 1.29 is 18.0 Å². The Balaban J connectivity index is 1.84. The van der Waals surface area contributed by atoms with Gasteiger partial charge in [0.15, 0.2) is 0 Å². The first kappa shape index (κ1) is 16.8. The predicted octanol–water partition coefficient (Wildman–Crippen LogP) is 4.37. The smallest absolute Gasteiger partial charge is 0.342 e. The third kappa shape index (κ3) is 4.49. The Kier molecular flexibility index (Phi) is 5.48. The number of alkyl halides is 3. The molecule has 1 aliphatic rings. The Morgan fingerprint density at radius 1 is 1.32 bits per heavy atom. The summed E-state index contributed by atoms with van der Waals surface area (Å²) < 4.78 is 38.3. The fourth-order valence-electron chi connectivity index (χ4n) is 2.92. The van der Waals surface area contributed by atoms with Gasteiger partial charge in [-0.1, -0.05) is 37.3 Å². The SMILES string of the molecule is C[C@@H](CCC(=O)N1CCC[C@@H](C(F)(F)F)C1)c1ccccc1. The number of halogens is 3. The van der Waals surface area contributed by atoms with E-state index in [-0.39, 0.29) is 24.8 Å². The number of carbonyl (C=O) groups excluding carboxylic acids is 1. The monoisotopic (exact) mass is 313 g/mol. The minimum Gasteiger partial charge on any atom is -0.342 e.